The lowest BCUT2D eigenvalue weighted by Gasteiger charge is -2.17. The Morgan fingerprint density at radius 1 is 1.14 bits per heavy atom. The number of hydrogen-bond acceptors (Lipinski definition) is 4. The zero-order valence-corrected chi connectivity index (χ0v) is 13.6. The van der Waals surface area contributed by atoms with Crippen LogP contribution in [0.25, 0.3) is 10.1 Å². The number of rotatable bonds is 4. The lowest BCUT2D eigenvalue weighted by Crippen LogP contribution is -2.22. The van der Waals surface area contributed by atoms with Crippen LogP contribution < -0.4 is 5.32 Å². The first-order valence-corrected chi connectivity index (χ1v) is 8.04. The van der Waals surface area contributed by atoms with E-state index in [4.69, 9.17) is 4.42 Å². The molecule has 3 aromatic rings. The monoisotopic (exact) mass is 300 g/mol. The van der Waals surface area contributed by atoms with Crippen LogP contribution in [0.1, 0.15) is 48.0 Å². The van der Waals surface area contributed by atoms with Crippen molar-refractivity contribution in [2.75, 3.05) is 0 Å². The van der Waals surface area contributed by atoms with Crippen LogP contribution in [0.2, 0.25) is 0 Å². The van der Waals surface area contributed by atoms with E-state index < -0.39 is 0 Å². The largest absolute Gasteiger partial charge is 0.444 e. The highest BCUT2D eigenvalue weighted by Crippen LogP contribution is 2.35. The second kappa shape index (κ2) is 5.62. The lowest BCUT2D eigenvalue weighted by atomic mass is 10.1. The van der Waals surface area contributed by atoms with Gasteiger partial charge < -0.3 is 4.42 Å². The number of benzene rings is 1. The van der Waals surface area contributed by atoms with Gasteiger partial charge in [-0.25, -0.2) is 4.98 Å². The molecule has 3 nitrogen and oxygen atoms in total. The highest BCUT2D eigenvalue weighted by Gasteiger charge is 2.19. The predicted molar refractivity (Wildman–Crippen MR) is 87.8 cm³/mol. The first-order chi connectivity index (χ1) is 10.1. The summed E-state index contributed by atoms with van der Waals surface area (Å²) < 4.78 is 6.95. The number of fused-ring (bicyclic) bond motifs is 1. The zero-order chi connectivity index (χ0) is 15.0. The molecule has 0 aliphatic carbocycles. The maximum atomic E-state index is 5.60. The van der Waals surface area contributed by atoms with E-state index in [9.17, 15) is 0 Å². The molecule has 0 amide bonds. The van der Waals surface area contributed by atoms with Crippen molar-refractivity contribution < 1.29 is 4.42 Å². The molecule has 1 N–H and O–H groups in total. The van der Waals surface area contributed by atoms with Gasteiger partial charge in [0, 0.05) is 15.6 Å². The molecular weight excluding hydrogens is 280 g/mol. The van der Waals surface area contributed by atoms with E-state index in [2.05, 4.69) is 55.3 Å². The van der Waals surface area contributed by atoms with Crippen LogP contribution in [0, 0.1) is 13.8 Å². The average molecular weight is 300 g/mol. The molecule has 2 heterocycles. The summed E-state index contributed by atoms with van der Waals surface area (Å²) >= 11 is 1.86. The van der Waals surface area contributed by atoms with Crippen LogP contribution in [0.3, 0.4) is 0 Å². The summed E-state index contributed by atoms with van der Waals surface area (Å²) in [7, 11) is 0. The van der Waals surface area contributed by atoms with Gasteiger partial charge in [-0.3, -0.25) is 5.32 Å². The topological polar surface area (TPSA) is 38.1 Å². The molecule has 0 aliphatic rings. The third-order valence-electron chi connectivity index (χ3n) is 3.78. The Hall–Kier alpha value is -1.65. The summed E-state index contributed by atoms with van der Waals surface area (Å²) in [5.41, 5.74) is 1.37. The fourth-order valence-corrected chi connectivity index (χ4v) is 3.92. The van der Waals surface area contributed by atoms with Crippen molar-refractivity contribution in [2.24, 2.45) is 0 Å². The first-order valence-electron chi connectivity index (χ1n) is 7.22. The molecule has 1 aromatic carbocycles. The summed E-state index contributed by atoms with van der Waals surface area (Å²) in [6.45, 7) is 8.41. The molecule has 21 heavy (non-hydrogen) atoms. The SMILES string of the molecule is Cc1cnc(C(C)NC(C)c2sc3ccccc3c2C)o1. The van der Waals surface area contributed by atoms with Gasteiger partial charge in [-0.05, 0) is 44.7 Å². The summed E-state index contributed by atoms with van der Waals surface area (Å²) in [5, 5.41) is 4.93. The van der Waals surface area contributed by atoms with Gasteiger partial charge in [0.2, 0.25) is 5.89 Å². The van der Waals surface area contributed by atoms with Crippen LogP contribution in [-0.4, -0.2) is 4.98 Å². The fourth-order valence-electron chi connectivity index (χ4n) is 2.70. The predicted octanol–water partition coefficient (Wildman–Crippen LogP) is 4.92. The lowest BCUT2D eigenvalue weighted by molar-refractivity contribution is 0.381. The summed E-state index contributed by atoms with van der Waals surface area (Å²) in [6.07, 6.45) is 1.77. The first kappa shape index (κ1) is 14.3. The Labute approximate surface area is 129 Å². The van der Waals surface area contributed by atoms with Crippen LogP contribution in [-0.2, 0) is 0 Å². The Balaban J connectivity index is 1.83. The molecule has 2 atom stereocenters. The van der Waals surface area contributed by atoms with Gasteiger partial charge in [-0.2, -0.15) is 0 Å². The van der Waals surface area contributed by atoms with Gasteiger partial charge in [-0.1, -0.05) is 18.2 Å². The maximum Gasteiger partial charge on any atom is 0.211 e. The second-order valence-corrected chi connectivity index (χ2v) is 6.59. The number of aryl methyl sites for hydroxylation is 2. The molecule has 0 spiro atoms. The Bertz CT molecular complexity index is 759. The molecule has 4 heteroatoms. The minimum atomic E-state index is 0.0957. The van der Waals surface area contributed by atoms with Gasteiger partial charge in [0.25, 0.3) is 0 Å². The fraction of sp³-hybridized carbons (Fsp3) is 0.353. The minimum absolute atomic E-state index is 0.0957. The molecule has 0 radical (unpaired) electrons. The van der Waals surface area contributed by atoms with E-state index in [1.807, 2.05) is 18.3 Å². The molecule has 110 valence electrons. The van der Waals surface area contributed by atoms with Gasteiger partial charge in [-0.15, -0.1) is 11.3 Å². The van der Waals surface area contributed by atoms with Crippen LogP contribution in [0.4, 0.5) is 0 Å². The number of aromatic nitrogens is 1. The number of oxazole rings is 1. The molecule has 0 fully saturated rings. The molecule has 2 unspecified atom stereocenters. The molecular formula is C17H20N2OS. The smallest absolute Gasteiger partial charge is 0.211 e. The maximum absolute atomic E-state index is 5.60. The van der Waals surface area contributed by atoms with Gasteiger partial charge in [0.05, 0.1) is 12.2 Å². The van der Waals surface area contributed by atoms with E-state index in [1.54, 1.807) is 6.20 Å². The van der Waals surface area contributed by atoms with Crippen molar-refractivity contribution in [3.05, 3.63) is 52.6 Å². The van der Waals surface area contributed by atoms with Crippen molar-refractivity contribution in [3.8, 4) is 0 Å². The van der Waals surface area contributed by atoms with Gasteiger partial charge in [0.1, 0.15) is 5.76 Å². The molecule has 0 bridgehead atoms. The number of nitrogens with one attached hydrogen (secondary N) is 1. The van der Waals surface area contributed by atoms with Crippen molar-refractivity contribution >= 4 is 21.4 Å². The van der Waals surface area contributed by atoms with Crippen molar-refractivity contribution in [3.63, 3.8) is 0 Å². The molecule has 0 saturated heterocycles. The minimum Gasteiger partial charge on any atom is -0.444 e. The van der Waals surface area contributed by atoms with Crippen molar-refractivity contribution in [1.82, 2.24) is 10.3 Å². The standard InChI is InChI=1S/C17H20N2OS/c1-10-9-18-17(20-10)13(4)19-12(3)16-11(2)14-7-5-6-8-15(14)21-16/h5-9,12-13,19H,1-4H3. The normalized spacial score (nSPS) is 14.5. The number of nitrogens with zero attached hydrogens (tertiary/aromatic N) is 1. The quantitative estimate of drug-likeness (QED) is 0.743. The van der Waals surface area contributed by atoms with E-state index in [1.165, 1.54) is 20.5 Å². The van der Waals surface area contributed by atoms with E-state index in [0.29, 0.717) is 0 Å². The molecule has 0 saturated carbocycles. The van der Waals surface area contributed by atoms with Crippen molar-refractivity contribution in [1.29, 1.82) is 0 Å². The third-order valence-corrected chi connectivity index (χ3v) is 5.24. The number of hydrogen-bond donors (Lipinski definition) is 1. The van der Waals surface area contributed by atoms with Crippen molar-refractivity contribution in [2.45, 2.75) is 39.8 Å². The van der Waals surface area contributed by atoms with E-state index >= 15 is 0 Å². The van der Waals surface area contributed by atoms with E-state index in [0.717, 1.165) is 11.7 Å². The Morgan fingerprint density at radius 3 is 2.57 bits per heavy atom. The van der Waals surface area contributed by atoms with Gasteiger partial charge in [0.15, 0.2) is 0 Å². The molecule has 2 aromatic heterocycles. The summed E-state index contributed by atoms with van der Waals surface area (Å²) in [6, 6.07) is 8.94. The van der Waals surface area contributed by atoms with Gasteiger partial charge >= 0.3 is 0 Å². The summed E-state index contributed by atoms with van der Waals surface area (Å²) in [4.78, 5) is 5.68. The molecule has 0 aliphatic heterocycles. The molecule has 3 rings (SSSR count). The van der Waals surface area contributed by atoms with Crippen LogP contribution >= 0.6 is 11.3 Å². The highest BCUT2D eigenvalue weighted by atomic mass is 32.1. The average Bonchev–Trinajstić information content (AvgIpc) is 3.04. The van der Waals surface area contributed by atoms with Crippen LogP contribution in [0.5, 0.6) is 0 Å². The van der Waals surface area contributed by atoms with Crippen LogP contribution in [0.15, 0.2) is 34.9 Å². The third kappa shape index (κ3) is 2.74. The summed E-state index contributed by atoms with van der Waals surface area (Å²) in [5.74, 6) is 1.60. The Kier molecular flexibility index (Phi) is 3.83. The highest BCUT2D eigenvalue weighted by molar-refractivity contribution is 7.19. The Morgan fingerprint density at radius 2 is 1.90 bits per heavy atom. The van der Waals surface area contributed by atoms with E-state index in [-0.39, 0.29) is 12.1 Å². The zero-order valence-electron chi connectivity index (χ0n) is 12.8. The second-order valence-electron chi connectivity index (χ2n) is 5.51. The number of thiophene rings is 1.